The molecule has 0 saturated heterocycles. The maximum absolute atomic E-state index is 12.4. The van der Waals surface area contributed by atoms with Crippen LogP contribution in [0.2, 0.25) is 0 Å². The van der Waals surface area contributed by atoms with Crippen LogP contribution < -0.4 is 14.8 Å². The average molecular weight is 366 g/mol. The number of para-hydroxylation sites is 1. The van der Waals surface area contributed by atoms with Crippen molar-refractivity contribution < 1.29 is 14.3 Å². The molecule has 0 aliphatic heterocycles. The van der Waals surface area contributed by atoms with Crippen molar-refractivity contribution in [2.75, 3.05) is 13.7 Å². The molecule has 1 unspecified atom stereocenters. The lowest BCUT2D eigenvalue weighted by molar-refractivity contribution is -0.121. The Morgan fingerprint density at radius 3 is 2.78 bits per heavy atom. The Labute approximate surface area is 159 Å². The van der Waals surface area contributed by atoms with E-state index in [0.29, 0.717) is 30.9 Å². The van der Waals surface area contributed by atoms with Crippen molar-refractivity contribution >= 4 is 16.8 Å². The highest BCUT2D eigenvalue weighted by atomic mass is 16.5. The second kappa shape index (κ2) is 8.62. The van der Waals surface area contributed by atoms with E-state index in [1.165, 1.54) is 5.39 Å². The molecule has 0 fully saturated rings. The van der Waals surface area contributed by atoms with Gasteiger partial charge in [-0.3, -0.25) is 4.79 Å². The van der Waals surface area contributed by atoms with Crippen LogP contribution in [-0.4, -0.2) is 24.6 Å². The lowest BCUT2D eigenvalue weighted by atomic mass is 10.1. The molecule has 1 atom stereocenters. The van der Waals surface area contributed by atoms with Gasteiger partial charge in [-0.15, -0.1) is 0 Å². The monoisotopic (exact) mass is 366 g/mol. The summed E-state index contributed by atoms with van der Waals surface area (Å²) in [6, 6.07) is 13.8. The third-order valence-electron chi connectivity index (χ3n) is 4.66. The molecule has 0 bridgehead atoms. The van der Waals surface area contributed by atoms with Gasteiger partial charge in [-0.1, -0.05) is 24.3 Å². The number of aromatic amines is 1. The number of carbonyl (C=O) groups excluding carboxylic acids is 1. The van der Waals surface area contributed by atoms with E-state index in [9.17, 15) is 4.79 Å². The molecule has 3 rings (SSSR count). The minimum atomic E-state index is -0.106. The van der Waals surface area contributed by atoms with Gasteiger partial charge in [-0.05, 0) is 49.6 Å². The molecule has 0 aliphatic rings. The molecule has 1 amide bonds. The molecule has 3 aromatic rings. The maximum atomic E-state index is 12.4. The van der Waals surface area contributed by atoms with Crippen molar-refractivity contribution in [3.63, 3.8) is 0 Å². The van der Waals surface area contributed by atoms with E-state index >= 15 is 0 Å². The molecular formula is C22H26N2O3. The molecule has 2 N–H and O–H groups in total. The number of methoxy groups -OCH3 is 1. The number of amides is 1. The molecule has 2 aromatic carbocycles. The summed E-state index contributed by atoms with van der Waals surface area (Å²) in [6.45, 7) is 4.48. The Bertz CT molecular complexity index is 917. The van der Waals surface area contributed by atoms with Gasteiger partial charge in [-0.2, -0.15) is 0 Å². The molecule has 142 valence electrons. The van der Waals surface area contributed by atoms with Gasteiger partial charge >= 0.3 is 0 Å². The summed E-state index contributed by atoms with van der Waals surface area (Å²) >= 11 is 0. The van der Waals surface area contributed by atoms with Crippen LogP contribution in [-0.2, 0) is 11.2 Å². The lowest BCUT2D eigenvalue weighted by Gasteiger charge is -2.17. The van der Waals surface area contributed by atoms with Crippen LogP contribution >= 0.6 is 0 Å². The number of rotatable bonds is 8. The Balaban J connectivity index is 1.60. The van der Waals surface area contributed by atoms with Gasteiger partial charge in [0.05, 0.1) is 19.8 Å². The molecule has 5 nitrogen and oxygen atoms in total. The highest BCUT2D eigenvalue weighted by Crippen LogP contribution is 2.30. The van der Waals surface area contributed by atoms with Crippen LogP contribution in [0.1, 0.15) is 37.4 Å². The van der Waals surface area contributed by atoms with Crippen LogP contribution in [0.5, 0.6) is 11.5 Å². The van der Waals surface area contributed by atoms with Gasteiger partial charge in [-0.25, -0.2) is 0 Å². The summed E-state index contributed by atoms with van der Waals surface area (Å²) < 4.78 is 10.9. The Morgan fingerprint density at radius 1 is 1.19 bits per heavy atom. The molecule has 0 saturated carbocycles. The van der Waals surface area contributed by atoms with Gasteiger partial charge in [0.2, 0.25) is 5.91 Å². The van der Waals surface area contributed by atoms with E-state index in [1.807, 2.05) is 56.4 Å². The predicted molar refractivity (Wildman–Crippen MR) is 107 cm³/mol. The van der Waals surface area contributed by atoms with Gasteiger partial charge in [0.15, 0.2) is 11.5 Å². The molecule has 0 spiro atoms. The van der Waals surface area contributed by atoms with Crippen molar-refractivity contribution in [2.45, 2.75) is 32.7 Å². The summed E-state index contributed by atoms with van der Waals surface area (Å²) in [6.07, 6.45) is 3.13. The number of nitrogens with one attached hydrogen (secondary N) is 2. The summed E-state index contributed by atoms with van der Waals surface area (Å²) in [5.41, 5.74) is 3.25. The molecule has 0 aliphatic carbocycles. The van der Waals surface area contributed by atoms with Crippen LogP contribution in [0, 0.1) is 0 Å². The standard InChI is InChI=1S/C22H26N2O3/c1-4-27-20-11-9-16(13-21(20)26-3)15(2)24-22(25)12-10-17-14-23-19-8-6-5-7-18(17)19/h5-9,11,13-15,23H,4,10,12H2,1-3H3,(H,24,25). The highest BCUT2D eigenvalue weighted by molar-refractivity contribution is 5.84. The number of benzene rings is 2. The first-order valence-electron chi connectivity index (χ1n) is 9.27. The normalized spacial score (nSPS) is 12.0. The van der Waals surface area contributed by atoms with Crippen molar-refractivity contribution in [1.29, 1.82) is 0 Å². The van der Waals surface area contributed by atoms with E-state index in [2.05, 4.69) is 16.4 Å². The first-order chi connectivity index (χ1) is 13.1. The Hall–Kier alpha value is -2.95. The second-order valence-corrected chi connectivity index (χ2v) is 6.49. The molecule has 5 heteroatoms. The summed E-state index contributed by atoms with van der Waals surface area (Å²) in [5.74, 6) is 1.41. The number of aromatic nitrogens is 1. The fraction of sp³-hybridized carbons (Fsp3) is 0.318. The molecule has 27 heavy (non-hydrogen) atoms. The third kappa shape index (κ3) is 4.42. The number of H-pyrrole nitrogens is 1. The molecule has 1 heterocycles. The summed E-state index contributed by atoms with van der Waals surface area (Å²) in [7, 11) is 1.62. The number of hydrogen-bond acceptors (Lipinski definition) is 3. The molecule has 0 radical (unpaired) electrons. The average Bonchev–Trinajstić information content (AvgIpc) is 3.10. The predicted octanol–water partition coefficient (Wildman–Crippen LogP) is 4.39. The minimum absolute atomic E-state index is 0.0284. The lowest BCUT2D eigenvalue weighted by Crippen LogP contribution is -2.26. The van der Waals surface area contributed by atoms with Crippen molar-refractivity contribution in [2.24, 2.45) is 0 Å². The van der Waals surface area contributed by atoms with Gasteiger partial charge < -0.3 is 19.8 Å². The summed E-state index contributed by atoms with van der Waals surface area (Å²) in [4.78, 5) is 15.7. The van der Waals surface area contributed by atoms with Gasteiger partial charge in [0.25, 0.3) is 0 Å². The number of ether oxygens (including phenoxy) is 2. The van der Waals surface area contributed by atoms with Crippen LogP contribution in [0.15, 0.2) is 48.7 Å². The third-order valence-corrected chi connectivity index (χ3v) is 4.66. The smallest absolute Gasteiger partial charge is 0.220 e. The largest absolute Gasteiger partial charge is 0.493 e. The number of aryl methyl sites for hydroxylation is 1. The van der Waals surface area contributed by atoms with E-state index in [1.54, 1.807) is 7.11 Å². The topological polar surface area (TPSA) is 63.3 Å². The van der Waals surface area contributed by atoms with Crippen LogP contribution in [0.3, 0.4) is 0 Å². The zero-order valence-corrected chi connectivity index (χ0v) is 16.0. The Kier molecular flexibility index (Phi) is 6.01. The number of carbonyl (C=O) groups is 1. The molecular weight excluding hydrogens is 340 g/mol. The zero-order chi connectivity index (χ0) is 19.2. The second-order valence-electron chi connectivity index (χ2n) is 6.49. The van der Waals surface area contributed by atoms with Crippen LogP contribution in [0.25, 0.3) is 10.9 Å². The van der Waals surface area contributed by atoms with Crippen molar-refractivity contribution in [3.05, 3.63) is 59.8 Å². The van der Waals surface area contributed by atoms with E-state index in [4.69, 9.17) is 9.47 Å². The van der Waals surface area contributed by atoms with E-state index < -0.39 is 0 Å². The number of fused-ring (bicyclic) bond motifs is 1. The first-order valence-corrected chi connectivity index (χ1v) is 9.27. The SMILES string of the molecule is CCOc1ccc(C(C)NC(=O)CCc2c[nH]c3ccccc23)cc1OC. The fourth-order valence-corrected chi connectivity index (χ4v) is 3.21. The molecule has 1 aromatic heterocycles. The summed E-state index contributed by atoms with van der Waals surface area (Å²) in [5, 5.41) is 4.24. The van der Waals surface area contributed by atoms with E-state index in [-0.39, 0.29) is 11.9 Å². The zero-order valence-electron chi connectivity index (χ0n) is 16.0. The van der Waals surface area contributed by atoms with Crippen molar-refractivity contribution in [3.8, 4) is 11.5 Å². The highest BCUT2D eigenvalue weighted by Gasteiger charge is 2.13. The fourth-order valence-electron chi connectivity index (χ4n) is 3.21. The van der Waals surface area contributed by atoms with Gasteiger partial charge in [0, 0.05) is 23.5 Å². The quantitative estimate of drug-likeness (QED) is 0.622. The van der Waals surface area contributed by atoms with E-state index in [0.717, 1.165) is 16.6 Å². The first kappa shape index (κ1) is 18.8. The number of hydrogen-bond donors (Lipinski definition) is 2. The van der Waals surface area contributed by atoms with Gasteiger partial charge in [0.1, 0.15) is 0 Å². The van der Waals surface area contributed by atoms with Crippen molar-refractivity contribution in [1.82, 2.24) is 10.3 Å². The minimum Gasteiger partial charge on any atom is -0.493 e. The Morgan fingerprint density at radius 2 is 2.00 bits per heavy atom. The van der Waals surface area contributed by atoms with Crippen LogP contribution in [0.4, 0.5) is 0 Å². The maximum Gasteiger partial charge on any atom is 0.220 e.